The van der Waals surface area contributed by atoms with E-state index in [0.717, 1.165) is 5.82 Å². The summed E-state index contributed by atoms with van der Waals surface area (Å²) in [5.41, 5.74) is -0.721. The van der Waals surface area contributed by atoms with Crippen molar-refractivity contribution < 1.29 is 17.9 Å². The first-order chi connectivity index (χ1) is 12.8. The summed E-state index contributed by atoms with van der Waals surface area (Å²) in [4.78, 5) is 17.1. The third-order valence-corrected chi connectivity index (χ3v) is 7.67. The molecule has 0 bridgehead atoms. The number of piperidine rings is 1. The molecule has 0 aromatic carbocycles. The number of nitrogens with one attached hydrogen (secondary N) is 1. The van der Waals surface area contributed by atoms with Gasteiger partial charge in [-0.05, 0) is 31.6 Å². The van der Waals surface area contributed by atoms with Crippen molar-refractivity contribution in [2.45, 2.75) is 43.9 Å². The highest BCUT2D eigenvalue weighted by atomic mass is 32.2. The van der Waals surface area contributed by atoms with Gasteiger partial charge in [0.05, 0.1) is 6.54 Å². The highest BCUT2D eigenvalue weighted by molar-refractivity contribution is 7.86. The fraction of sp³-hybridized carbons (Fsp3) is 0.765. The lowest BCUT2D eigenvalue weighted by Crippen LogP contribution is -2.55. The largest absolute Gasteiger partial charge is 0.354 e. The fourth-order valence-corrected chi connectivity index (χ4v) is 4.97. The first kappa shape index (κ1) is 18.9. The minimum absolute atomic E-state index is 0.0935. The quantitative estimate of drug-likeness (QED) is 0.749. The highest BCUT2D eigenvalue weighted by Gasteiger charge is 2.48. The number of hydrogen-bond donors (Lipinski definition) is 1. The van der Waals surface area contributed by atoms with Crippen molar-refractivity contribution in [2.24, 2.45) is 5.92 Å². The van der Waals surface area contributed by atoms with Crippen LogP contribution in [0.2, 0.25) is 0 Å². The van der Waals surface area contributed by atoms with Crippen molar-refractivity contribution >= 4 is 16.1 Å². The lowest BCUT2D eigenvalue weighted by atomic mass is 9.89. The van der Waals surface area contributed by atoms with E-state index >= 15 is 0 Å². The van der Waals surface area contributed by atoms with Gasteiger partial charge >= 0.3 is 0 Å². The number of carbonyl (C=O) groups is 1. The molecule has 0 radical (unpaired) electrons. The maximum absolute atomic E-state index is 12.6. The Hall–Kier alpha value is -1.49. The standard InChI is InChI=1S/C17H27N5O4S/c1-20(2)27(24,25)22-8-5-17(6-9-22)16-18-7-10-21(16)12-14(26-17)15(23)19-11-13-3-4-13/h7,10,13-14H,3-6,8-9,11-12H2,1-2H3,(H,19,23)/t14-/m1/s1. The van der Waals surface area contributed by atoms with Crippen LogP contribution in [0.25, 0.3) is 0 Å². The molecule has 9 nitrogen and oxygen atoms in total. The Bertz CT molecular complexity index is 809. The van der Waals surface area contributed by atoms with Gasteiger partial charge in [-0.15, -0.1) is 0 Å². The van der Waals surface area contributed by atoms with E-state index in [1.807, 2.05) is 10.8 Å². The Morgan fingerprint density at radius 1 is 1.37 bits per heavy atom. The molecule has 10 heteroatoms. The third kappa shape index (κ3) is 3.51. The maximum Gasteiger partial charge on any atom is 0.281 e. The lowest BCUT2D eigenvalue weighted by Gasteiger charge is -2.45. The molecule has 0 unspecified atom stereocenters. The van der Waals surface area contributed by atoms with Gasteiger partial charge in [-0.1, -0.05) is 0 Å². The number of aromatic nitrogens is 2. The fourth-order valence-electron chi connectivity index (χ4n) is 3.86. The monoisotopic (exact) mass is 397 g/mol. The zero-order valence-corrected chi connectivity index (χ0v) is 16.6. The van der Waals surface area contributed by atoms with Crippen LogP contribution in [0.1, 0.15) is 31.5 Å². The van der Waals surface area contributed by atoms with Gasteiger partial charge in [-0.25, -0.2) is 4.98 Å². The van der Waals surface area contributed by atoms with Gasteiger partial charge in [0.15, 0.2) is 6.10 Å². The zero-order chi connectivity index (χ0) is 19.2. The summed E-state index contributed by atoms with van der Waals surface area (Å²) in [6, 6.07) is 0. The van der Waals surface area contributed by atoms with Crippen LogP contribution in [0.3, 0.4) is 0 Å². The van der Waals surface area contributed by atoms with E-state index in [0.29, 0.717) is 44.9 Å². The smallest absolute Gasteiger partial charge is 0.281 e. The Labute approximate surface area is 159 Å². The van der Waals surface area contributed by atoms with Crippen LogP contribution in [-0.4, -0.2) is 72.3 Å². The topological polar surface area (TPSA) is 96.8 Å². The van der Waals surface area contributed by atoms with Gasteiger partial charge in [-0.2, -0.15) is 17.0 Å². The van der Waals surface area contributed by atoms with Crippen LogP contribution < -0.4 is 5.32 Å². The van der Waals surface area contributed by atoms with Gasteiger partial charge in [0.2, 0.25) is 0 Å². The van der Waals surface area contributed by atoms with Gasteiger partial charge in [-0.3, -0.25) is 4.79 Å². The van der Waals surface area contributed by atoms with Crippen LogP contribution in [0.15, 0.2) is 12.4 Å². The van der Waals surface area contributed by atoms with Crippen LogP contribution in [-0.2, 0) is 31.9 Å². The second-order valence-electron chi connectivity index (χ2n) is 7.88. The number of carbonyl (C=O) groups excluding carboxylic acids is 1. The summed E-state index contributed by atoms with van der Waals surface area (Å²) < 4.78 is 35.8. The molecule has 1 aromatic heterocycles. The molecule has 1 amide bonds. The number of ether oxygens (including phenoxy) is 1. The Kier molecular flexibility index (Phi) is 4.77. The molecule has 1 aromatic rings. The Morgan fingerprint density at radius 2 is 2.07 bits per heavy atom. The summed E-state index contributed by atoms with van der Waals surface area (Å²) in [5.74, 6) is 1.30. The van der Waals surface area contributed by atoms with Crippen molar-refractivity contribution in [1.29, 1.82) is 0 Å². The van der Waals surface area contributed by atoms with Gasteiger partial charge in [0, 0.05) is 46.1 Å². The number of fused-ring (bicyclic) bond motifs is 2. The summed E-state index contributed by atoms with van der Waals surface area (Å²) in [5, 5.41) is 3.00. The van der Waals surface area contributed by atoms with Gasteiger partial charge in [0.1, 0.15) is 11.4 Å². The predicted octanol–water partition coefficient (Wildman–Crippen LogP) is -0.0944. The maximum atomic E-state index is 12.6. The molecule has 1 aliphatic carbocycles. The summed E-state index contributed by atoms with van der Waals surface area (Å²) in [6.45, 7) is 1.82. The normalized spacial score (nSPS) is 25.5. The lowest BCUT2D eigenvalue weighted by molar-refractivity contribution is -0.171. The van der Waals surface area contributed by atoms with Crippen LogP contribution in [0.4, 0.5) is 0 Å². The first-order valence-electron chi connectivity index (χ1n) is 9.46. The van der Waals surface area contributed by atoms with E-state index in [9.17, 15) is 13.2 Å². The summed E-state index contributed by atoms with van der Waals surface area (Å²) in [6.07, 6.45) is 6.31. The molecule has 1 saturated carbocycles. The molecular weight excluding hydrogens is 370 g/mol. The minimum Gasteiger partial charge on any atom is -0.354 e. The predicted molar refractivity (Wildman–Crippen MR) is 97.9 cm³/mol. The van der Waals surface area contributed by atoms with Crippen molar-refractivity contribution in [1.82, 2.24) is 23.5 Å². The molecule has 4 rings (SSSR count). The van der Waals surface area contributed by atoms with Crippen molar-refractivity contribution in [2.75, 3.05) is 33.7 Å². The van der Waals surface area contributed by atoms with Gasteiger partial charge in [0.25, 0.3) is 16.1 Å². The van der Waals surface area contributed by atoms with E-state index in [-0.39, 0.29) is 5.91 Å². The van der Waals surface area contributed by atoms with Crippen molar-refractivity contribution in [3.8, 4) is 0 Å². The van der Waals surface area contributed by atoms with Crippen molar-refractivity contribution in [3.63, 3.8) is 0 Å². The molecule has 27 heavy (non-hydrogen) atoms. The van der Waals surface area contributed by atoms with Gasteiger partial charge < -0.3 is 14.6 Å². The molecular formula is C17H27N5O4S. The first-order valence-corrected chi connectivity index (χ1v) is 10.9. The number of imidazole rings is 1. The average Bonchev–Trinajstić information content (AvgIpc) is 3.34. The number of hydrogen-bond acceptors (Lipinski definition) is 5. The van der Waals surface area contributed by atoms with Crippen molar-refractivity contribution in [3.05, 3.63) is 18.2 Å². The minimum atomic E-state index is -3.46. The highest BCUT2D eigenvalue weighted by Crippen LogP contribution is 2.40. The summed E-state index contributed by atoms with van der Waals surface area (Å²) >= 11 is 0. The van der Waals surface area contributed by atoms with E-state index < -0.39 is 21.9 Å². The second kappa shape index (κ2) is 6.84. The molecule has 150 valence electrons. The average molecular weight is 398 g/mol. The molecule has 3 heterocycles. The molecule has 3 aliphatic rings. The SMILES string of the molecule is CN(C)S(=O)(=O)N1CCC2(CC1)O[C@@H](C(=O)NCC1CC1)Cn1ccnc12. The molecule has 2 aliphatic heterocycles. The molecule has 1 spiro atoms. The van der Waals surface area contributed by atoms with E-state index in [2.05, 4.69) is 10.3 Å². The number of amides is 1. The van der Waals surface area contributed by atoms with E-state index in [1.165, 1.54) is 35.5 Å². The van der Waals surface area contributed by atoms with Crippen LogP contribution >= 0.6 is 0 Å². The molecule has 2 fully saturated rings. The van der Waals surface area contributed by atoms with Crippen LogP contribution in [0, 0.1) is 5.92 Å². The van der Waals surface area contributed by atoms with E-state index in [4.69, 9.17) is 4.74 Å². The molecule has 1 saturated heterocycles. The number of nitrogens with zero attached hydrogens (tertiary/aromatic N) is 4. The Morgan fingerprint density at radius 3 is 2.70 bits per heavy atom. The third-order valence-electron chi connectivity index (χ3n) is 5.73. The molecule has 1 atom stereocenters. The number of rotatable bonds is 5. The van der Waals surface area contributed by atoms with Crippen LogP contribution in [0.5, 0.6) is 0 Å². The second-order valence-corrected chi connectivity index (χ2v) is 10.0. The summed E-state index contributed by atoms with van der Waals surface area (Å²) in [7, 11) is -0.393. The Balaban J connectivity index is 1.50. The zero-order valence-electron chi connectivity index (χ0n) is 15.8. The van der Waals surface area contributed by atoms with E-state index in [1.54, 1.807) is 6.20 Å². The molecule has 1 N–H and O–H groups in total.